The van der Waals surface area contributed by atoms with Gasteiger partial charge in [0.2, 0.25) is 0 Å². The highest BCUT2D eigenvalue weighted by Crippen LogP contribution is 2.10. The summed E-state index contributed by atoms with van der Waals surface area (Å²) in [6, 6.07) is 8.64. The molecule has 0 amide bonds. The van der Waals surface area contributed by atoms with E-state index < -0.39 is 0 Å². The lowest BCUT2D eigenvalue weighted by Crippen LogP contribution is -1.96. The molecule has 3 aromatic rings. The van der Waals surface area contributed by atoms with Gasteiger partial charge in [-0.25, -0.2) is 0 Å². The van der Waals surface area contributed by atoms with E-state index in [4.69, 9.17) is 0 Å². The second-order valence-electron chi connectivity index (χ2n) is 4.27. The normalized spacial score (nSPS) is 10.9. The molecule has 0 bridgehead atoms. The highest BCUT2D eigenvalue weighted by atomic mass is 15.2. The number of fused-ring (bicyclic) bond motifs is 1. The maximum Gasteiger partial charge on any atom is 0.179 e. The van der Waals surface area contributed by atoms with Crippen LogP contribution in [0.1, 0.15) is 23.9 Å². The van der Waals surface area contributed by atoms with Gasteiger partial charge in [-0.05, 0) is 17.5 Å². The average Bonchev–Trinajstić information content (AvgIpc) is 2.83. The SMILES string of the molecule is CCc1ccc(Cc2nnc3cnccn23)cc1. The van der Waals surface area contributed by atoms with E-state index in [2.05, 4.69) is 46.4 Å². The molecular weight excluding hydrogens is 224 g/mol. The van der Waals surface area contributed by atoms with Crippen molar-refractivity contribution >= 4 is 5.65 Å². The molecule has 0 saturated carbocycles. The molecule has 1 aromatic carbocycles. The summed E-state index contributed by atoms with van der Waals surface area (Å²) in [5.74, 6) is 0.941. The van der Waals surface area contributed by atoms with Crippen molar-refractivity contribution in [3.8, 4) is 0 Å². The Hall–Kier alpha value is -2.23. The Bertz CT molecular complexity index is 655. The molecule has 4 heteroatoms. The number of benzene rings is 1. The standard InChI is InChI=1S/C14H14N4/c1-2-11-3-5-12(6-4-11)9-13-16-17-14-10-15-7-8-18(13)14/h3-8,10H,2,9H2,1H3. The van der Waals surface area contributed by atoms with Gasteiger partial charge in [0.1, 0.15) is 5.82 Å². The van der Waals surface area contributed by atoms with Crippen LogP contribution in [0.25, 0.3) is 5.65 Å². The molecule has 0 saturated heterocycles. The maximum absolute atomic E-state index is 4.21. The van der Waals surface area contributed by atoms with Crippen molar-refractivity contribution in [2.24, 2.45) is 0 Å². The number of aromatic nitrogens is 4. The van der Waals surface area contributed by atoms with E-state index >= 15 is 0 Å². The minimum atomic E-state index is 0.787. The molecule has 0 aliphatic rings. The molecule has 0 aliphatic heterocycles. The molecular formula is C14H14N4. The van der Waals surface area contributed by atoms with Crippen LogP contribution in [0.15, 0.2) is 42.9 Å². The zero-order valence-electron chi connectivity index (χ0n) is 10.2. The largest absolute Gasteiger partial charge is 0.283 e. The lowest BCUT2D eigenvalue weighted by atomic mass is 10.1. The first-order valence-electron chi connectivity index (χ1n) is 6.08. The van der Waals surface area contributed by atoms with Gasteiger partial charge in [0, 0.05) is 18.8 Å². The van der Waals surface area contributed by atoms with E-state index in [1.807, 2.05) is 10.6 Å². The number of aryl methyl sites for hydroxylation is 1. The first-order chi connectivity index (χ1) is 8.86. The van der Waals surface area contributed by atoms with E-state index in [-0.39, 0.29) is 0 Å². The van der Waals surface area contributed by atoms with Gasteiger partial charge in [0.25, 0.3) is 0 Å². The molecule has 0 N–H and O–H groups in total. The van der Waals surface area contributed by atoms with Crippen LogP contribution < -0.4 is 0 Å². The Morgan fingerprint density at radius 2 is 1.83 bits per heavy atom. The minimum absolute atomic E-state index is 0.787. The summed E-state index contributed by atoms with van der Waals surface area (Å²) in [5.41, 5.74) is 3.39. The van der Waals surface area contributed by atoms with Crippen LogP contribution in [-0.2, 0) is 12.8 Å². The van der Waals surface area contributed by atoms with Gasteiger partial charge >= 0.3 is 0 Å². The summed E-state index contributed by atoms with van der Waals surface area (Å²) in [5, 5.41) is 8.31. The fourth-order valence-corrected chi connectivity index (χ4v) is 2.00. The van der Waals surface area contributed by atoms with Crippen LogP contribution in [0.4, 0.5) is 0 Å². The van der Waals surface area contributed by atoms with Crippen LogP contribution in [0.5, 0.6) is 0 Å². The van der Waals surface area contributed by atoms with E-state index in [1.165, 1.54) is 11.1 Å². The van der Waals surface area contributed by atoms with Gasteiger partial charge in [0.15, 0.2) is 5.65 Å². The molecule has 18 heavy (non-hydrogen) atoms. The average molecular weight is 238 g/mol. The summed E-state index contributed by atoms with van der Waals surface area (Å²) in [6.07, 6.45) is 7.22. The number of hydrogen-bond acceptors (Lipinski definition) is 3. The van der Waals surface area contributed by atoms with Crippen molar-refractivity contribution in [1.82, 2.24) is 19.6 Å². The molecule has 0 unspecified atom stereocenters. The molecule has 0 radical (unpaired) electrons. The van der Waals surface area contributed by atoms with Gasteiger partial charge in [-0.15, -0.1) is 10.2 Å². The highest BCUT2D eigenvalue weighted by Gasteiger charge is 2.05. The van der Waals surface area contributed by atoms with Crippen LogP contribution in [0.2, 0.25) is 0 Å². The third-order valence-electron chi connectivity index (χ3n) is 3.08. The first kappa shape index (κ1) is 10.9. The van der Waals surface area contributed by atoms with Gasteiger partial charge in [-0.1, -0.05) is 31.2 Å². The molecule has 4 nitrogen and oxygen atoms in total. The lowest BCUT2D eigenvalue weighted by Gasteiger charge is -2.02. The van der Waals surface area contributed by atoms with E-state index in [9.17, 15) is 0 Å². The quantitative estimate of drug-likeness (QED) is 0.703. The summed E-state index contributed by atoms with van der Waals surface area (Å²) < 4.78 is 1.97. The van der Waals surface area contributed by atoms with Crippen molar-refractivity contribution in [3.05, 3.63) is 59.8 Å². The topological polar surface area (TPSA) is 43.1 Å². The number of hydrogen-bond donors (Lipinski definition) is 0. The van der Waals surface area contributed by atoms with Crippen LogP contribution in [0, 0.1) is 0 Å². The molecule has 0 spiro atoms. The molecule has 2 aromatic heterocycles. The van der Waals surface area contributed by atoms with E-state index in [0.29, 0.717) is 0 Å². The van der Waals surface area contributed by atoms with Crippen molar-refractivity contribution < 1.29 is 0 Å². The Labute approximate surface area is 105 Å². The predicted octanol–water partition coefficient (Wildman–Crippen LogP) is 2.28. The first-order valence-corrected chi connectivity index (χ1v) is 6.08. The lowest BCUT2D eigenvalue weighted by molar-refractivity contribution is 0.930. The van der Waals surface area contributed by atoms with Gasteiger partial charge in [-0.2, -0.15) is 0 Å². The smallest absolute Gasteiger partial charge is 0.179 e. The van der Waals surface area contributed by atoms with E-state index in [1.54, 1.807) is 12.4 Å². The second-order valence-corrected chi connectivity index (χ2v) is 4.27. The van der Waals surface area contributed by atoms with Gasteiger partial charge in [-0.3, -0.25) is 9.38 Å². The zero-order valence-corrected chi connectivity index (χ0v) is 10.2. The Morgan fingerprint density at radius 1 is 1.06 bits per heavy atom. The third kappa shape index (κ3) is 1.97. The molecule has 3 rings (SSSR count). The Kier molecular flexibility index (Phi) is 2.76. The van der Waals surface area contributed by atoms with Crippen molar-refractivity contribution in [3.63, 3.8) is 0 Å². The summed E-state index contributed by atoms with van der Waals surface area (Å²) in [6.45, 7) is 2.16. The Balaban J connectivity index is 1.91. The molecule has 0 aliphatic carbocycles. The monoisotopic (exact) mass is 238 g/mol. The van der Waals surface area contributed by atoms with Crippen molar-refractivity contribution in [2.75, 3.05) is 0 Å². The van der Waals surface area contributed by atoms with Crippen LogP contribution in [0.3, 0.4) is 0 Å². The van der Waals surface area contributed by atoms with Crippen LogP contribution in [-0.4, -0.2) is 19.6 Å². The summed E-state index contributed by atoms with van der Waals surface area (Å²) >= 11 is 0. The summed E-state index contributed by atoms with van der Waals surface area (Å²) in [7, 11) is 0. The van der Waals surface area contributed by atoms with Gasteiger partial charge in [0.05, 0.1) is 6.20 Å². The molecule has 0 fully saturated rings. The fraction of sp³-hybridized carbons (Fsp3) is 0.214. The number of nitrogens with zero attached hydrogens (tertiary/aromatic N) is 4. The van der Waals surface area contributed by atoms with Crippen LogP contribution >= 0.6 is 0 Å². The molecule has 0 atom stereocenters. The molecule has 90 valence electrons. The molecule has 2 heterocycles. The third-order valence-corrected chi connectivity index (χ3v) is 3.08. The minimum Gasteiger partial charge on any atom is -0.283 e. The predicted molar refractivity (Wildman–Crippen MR) is 69.4 cm³/mol. The van der Waals surface area contributed by atoms with E-state index in [0.717, 1.165) is 24.3 Å². The van der Waals surface area contributed by atoms with Crippen molar-refractivity contribution in [1.29, 1.82) is 0 Å². The van der Waals surface area contributed by atoms with Gasteiger partial charge < -0.3 is 0 Å². The Morgan fingerprint density at radius 3 is 2.61 bits per heavy atom. The maximum atomic E-state index is 4.21. The van der Waals surface area contributed by atoms with Crippen molar-refractivity contribution in [2.45, 2.75) is 19.8 Å². The highest BCUT2D eigenvalue weighted by molar-refractivity contribution is 5.35. The summed E-state index contributed by atoms with van der Waals surface area (Å²) in [4.78, 5) is 4.03. The fourth-order valence-electron chi connectivity index (χ4n) is 2.00. The second kappa shape index (κ2) is 4.56. The number of rotatable bonds is 3. The zero-order chi connectivity index (χ0) is 12.4.